The van der Waals surface area contributed by atoms with Crippen molar-refractivity contribution in [1.29, 1.82) is 0 Å². The summed E-state index contributed by atoms with van der Waals surface area (Å²) in [7, 11) is 0. The molecule has 0 radical (unpaired) electrons. The molecule has 0 amide bonds. The zero-order chi connectivity index (χ0) is 13.2. The van der Waals surface area contributed by atoms with E-state index in [2.05, 4.69) is 21.6 Å². The van der Waals surface area contributed by atoms with Crippen LogP contribution in [0.25, 0.3) is 0 Å². The van der Waals surface area contributed by atoms with Gasteiger partial charge in [-0.1, -0.05) is 30.3 Å². The van der Waals surface area contributed by atoms with Crippen LogP contribution >= 0.6 is 0 Å². The number of hydrogen-bond donors (Lipinski definition) is 0. The first-order valence-electron chi connectivity index (χ1n) is 6.13. The fourth-order valence-corrected chi connectivity index (χ4v) is 1.53. The van der Waals surface area contributed by atoms with E-state index in [9.17, 15) is 9.59 Å². The van der Waals surface area contributed by atoms with E-state index in [1.54, 1.807) is 6.92 Å². The molecule has 0 aromatic heterocycles. The van der Waals surface area contributed by atoms with E-state index in [-0.39, 0.29) is 13.0 Å². The number of unbranched alkanes of at least 4 members (excludes halogenated alkanes) is 1. The standard InChI is InChI=1S/C14H18O4/c1-2-17-14(16)18-13(15)11-7-6-10-12-8-4-3-5-9-12/h3-5,8-9H,2,6-7,10-11H2,1H3. The molecule has 0 heterocycles. The van der Waals surface area contributed by atoms with Gasteiger partial charge >= 0.3 is 12.1 Å². The lowest BCUT2D eigenvalue weighted by molar-refractivity contribution is -0.139. The van der Waals surface area contributed by atoms with Crippen molar-refractivity contribution in [3.8, 4) is 0 Å². The quantitative estimate of drug-likeness (QED) is 0.442. The maximum absolute atomic E-state index is 11.2. The minimum Gasteiger partial charge on any atom is -0.434 e. The van der Waals surface area contributed by atoms with Crippen molar-refractivity contribution < 1.29 is 19.1 Å². The molecule has 18 heavy (non-hydrogen) atoms. The second-order valence-corrected chi connectivity index (χ2v) is 3.85. The summed E-state index contributed by atoms with van der Waals surface area (Å²) >= 11 is 0. The van der Waals surface area contributed by atoms with Crippen molar-refractivity contribution in [3.05, 3.63) is 35.9 Å². The lowest BCUT2D eigenvalue weighted by atomic mass is 10.1. The van der Waals surface area contributed by atoms with Gasteiger partial charge in [0.25, 0.3) is 0 Å². The molecule has 0 saturated carbocycles. The van der Waals surface area contributed by atoms with E-state index in [1.807, 2.05) is 18.2 Å². The topological polar surface area (TPSA) is 52.6 Å². The first-order chi connectivity index (χ1) is 8.72. The molecular weight excluding hydrogens is 232 g/mol. The summed E-state index contributed by atoms with van der Waals surface area (Å²) in [5.74, 6) is -0.526. The van der Waals surface area contributed by atoms with E-state index in [0.717, 1.165) is 12.8 Å². The summed E-state index contributed by atoms with van der Waals surface area (Å²) in [6, 6.07) is 10.1. The van der Waals surface area contributed by atoms with Crippen LogP contribution in [-0.2, 0) is 20.7 Å². The van der Waals surface area contributed by atoms with Crippen molar-refractivity contribution in [1.82, 2.24) is 0 Å². The average Bonchev–Trinajstić information content (AvgIpc) is 2.36. The highest BCUT2D eigenvalue weighted by molar-refractivity contribution is 5.81. The van der Waals surface area contributed by atoms with Crippen molar-refractivity contribution in [2.24, 2.45) is 0 Å². The molecule has 98 valence electrons. The minimum absolute atomic E-state index is 0.208. The van der Waals surface area contributed by atoms with Gasteiger partial charge in [-0.25, -0.2) is 4.79 Å². The van der Waals surface area contributed by atoms with Gasteiger partial charge in [0.05, 0.1) is 6.61 Å². The van der Waals surface area contributed by atoms with Gasteiger partial charge in [0.1, 0.15) is 0 Å². The van der Waals surface area contributed by atoms with Gasteiger partial charge in [0.2, 0.25) is 0 Å². The number of carbonyl (C=O) groups is 2. The monoisotopic (exact) mass is 250 g/mol. The number of aryl methyl sites for hydroxylation is 1. The predicted molar refractivity (Wildman–Crippen MR) is 67.1 cm³/mol. The van der Waals surface area contributed by atoms with Crippen LogP contribution in [0.2, 0.25) is 0 Å². The molecule has 1 aromatic carbocycles. The van der Waals surface area contributed by atoms with Gasteiger partial charge in [-0.2, -0.15) is 0 Å². The number of rotatable bonds is 6. The second-order valence-electron chi connectivity index (χ2n) is 3.85. The summed E-state index contributed by atoms with van der Waals surface area (Å²) < 4.78 is 8.95. The van der Waals surface area contributed by atoms with Crippen LogP contribution < -0.4 is 0 Å². The number of carbonyl (C=O) groups excluding carboxylic acids is 2. The Hall–Kier alpha value is -1.84. The molecule has 0 spiro atoms. The van der Waals surface area contributed by atoms with E-state index in [4.69, 9.17) is 0 Å². The Morgan fingerprint density at radius 1 is 1.11 bits per heavy atom. The van der Waals surface area contributed by atoms with Gasteiger partial charge in [-0.05, 0) is 31.7 Å². The summed E-state index contributed by atoms with van der Waals surface area (Å²) in [5, 5.41) is 0. The molecule has 1 aromatic rings. The Bertz CT molecular complexity index is 373. The summed E-state index contributed by atoms with van der Waals surface area (Å²) in [6.07, 6.45) is 1.85. The highest BCUT2D eigenvalue weighted by atomic mass is 16.7. The molecule has 0 bridgehead atoms. The van der Waals surface area contributed by atoms with Crippen LogP contribution in [0.1, 0.15) is 31.7 Å². The third-order valence-corrected chi connectivity index (χ3v) is 2.40. The van der Waals surface area contributed by atoms with Crippen LogP contribution in [0.4, 0.5) is 4.79 Å². The van der Waals surface area contributed by atoms with Gasteiger partial charge in [-0.3, -0.25) is 4.79 Å². The van der Waals surface area contributed by atoms with Gasteiger partial charge in [-0.15, -0.1) is 0 Å². The summed E-state index contributed by atoms with van der Waals surface area (Å²) in [5.41, 5.74) is 1.25. The Kier molecular flexibility index (Phi) is 6.54. The predicted octanol–water partition coefficient (Wildman–Crippen LogP) is 3.10. The van der Waals surface area contributed by atoms with Crippen molar-refractivity contribution in [2.75, 3.05) is 6.61 Å². The number of esters is 1. The number of ether oxygens (including phenoxy) is 2. The third-order valence-electron chi connectivity index (χ3n) is 2.40. The largest absolute Gasteiger partial charge is 0.516 e. The first-order valence-corrected chi connectivity index (χ1v) is 6.13. The fourth-order valence-electron chi connectivity index (χ4n) is 1.53. The highest BCUT2D eigenvalue weighted by Crippen LogP contribution is 2.07. The van der Waals surface area contributed by atoms with Crippen LogP contribution in [-0.4, -0.2) is 18.7 Å². The second kappa shape index (κ2) is 8.28. The van der Waals surface area contributed by atoms with Crippen LogP contribution in [0.3, 0.4) is 0 Å². The summed E-state index contributed by atoms with van der Waals surface area (Å²) in [4.78, 5) is 22.1. The number of benzene rings is 1. The van der Waals surface area contributed by atoms with Crippen molar-refractivity contribution >= 4 is 12.1 Å². The zero-order valence-electron chi connectivity index (χ0n) is 10.6. The van der Waals surface area contributed by atoms with Gasteiger partial charge in [0.15, 0.2) is 0 Å². The Morgan fingerprint density at radius 2 is 1.83 bits per heavy atom. The molecule has 1 rings (SSSR count). The van der Waals surface area contributed by atoms with Gasteiger partial charge < -0.3 is 9.47 Å². The lowest BCUT2D eigenvalue weighted by Crippen LogP contribution is -2.13. The Balaban J connectivity index is 2.11. The SMILES string of the molecule is CCOC(=O)OC(=O)CCCCc1ccccc1. The third kappa shape index (κ3) is 6.03. The van der Waals surface area contributed by atoms with Crippen LogP contribution in [0.15, 0.2) is 30.3 Å². The Morgan fingerprint density at radius 3 is 2.50 bits per heavy atom. The van der Waals surface area contributed by atoms with Crippen LogP contribution in [0, 0.1) is 0 Å². The molecule has 0 atom stereocenters. The van der Waals surface area contributed by atoms with E-state index < -0.39 is 12.1 Å². The minimum atomic E-state index is -0.912. The normalized spacial score (nSPS) is 9.83. The molecule has 0 fully saturated rings. The molecule has 0 N–H and O–H groups in total. The molecule has 0 unspecified atom stereocenters. The first kappa shape index (κ1) is 14.2. The zero-order valence-corrected chi connectivity index (χ0v) is 10.6. The molecule has 4 nitrogen and oxygen atoms in total. The van der Waals surface area contributed by atoms with Gasteiger partial charge in [0, 0.05) is 6.42 Å². The molecule has 0 aliphatic rings. The van der Waals surface area contributed by atoms with Crippen molar-refractivity contribution in [3.63, 3.8) is 0 Å². The smallest absolute Gasteiger partial charge is 0.434 e. The van der Waals surface area contributed by atoms with E-state index in [1.165, 1.54) is 5.56 Å². The molecule has 0 aliphatic carbocycles. The molecule has 4 heteroatoms. The van der Waals surface area contributed by atoms with Crippen LogP contribution in [0.5, 0.6) is 0 Å². The van der Waals surface area contributed by atoms with E-state index >= 15 is 0 Å². The molecular formula is C14H18O4. The number of hydrogen-bond acceptors (Lipinski definition) is 4. The van der Waals surface area contributed by atoms with E-state index in [0.29, 0.717) is 6.42 Å². The lowest BCUT2D eigenvalue weighted by Gasteiger charge is -2.03. The molecule has 0 aliphatic heterocycles. The summed E-state index contributed by atoms with van der Waals surface area (Å²) in [6.45, 7) is 1.87. The fraction of sp³-hybridized carbons (Fsp3) is 0.429. The average molecular weight is 250 g/mol. The highest BCUT2D eigenvalue weighted by Gasteiger charge is 2.10. The maximum atomic E-state index is 11.2. The Labute approximate surface area is 107 Å². The maximum Gasteiger partial charge on any atom is 0.516 e. The van der Waals surface area contributed by atoms with Crippen molar-refractivity contribution in [2.45, 2.75) is 32.6 Å². The molecule has 0 saturated heterocycles.